The number of amides is 1. The maximum Gasteiger partial charge on any atom is 0.446 e. The molecule has 1 rings (SSSR count). The van der Waals surface area contributed by atoms with E-state index >= 15 is 0 Å². The Morgan fingerprint density at radius 2 is 1.75 bits per heavy atom. The lowest BCUT2D eigenvalue weighted by Crippen LogP contribution is -2.45. The summed E-state index contributed by atoms with van der Waals surface area (Å²) in [6.45, 7) is 0.976. The minimum absolute atomic E-state index is 0.0811. The van der Waals surface area contributed by atoms with Gasteiger partial charge in [-0.2, -0.15) is 17.2 Å². The Morgan fingerprint density at radius 3 is 2.20 bits per heavy atom. The molecule has 20 heavy (non-hydrogen) atoms. The third-order valence-electron chi connectivity index (χ3n) is 2.30. The van der Waals surface area contributed by atoms with Crippen LogP contribution < -0.4 is 5.73 Å². The third kappa shape index (κ3) is 3.17. The normalized spacial score (nSPS) is 13.8. The molecule has 1 aromatic carbocycles. The second-order valence-electron chi connectivity index (χ2n) is 3.80. The molecular weight excluding hydrogens is 296 g/mol. The molecule has 1 atom stereocenters. The quantitative estimate of drug-likeness (QED) is 0.615. The van der Waals surface area contributed by atoms with E-state index in [0.717, 1.165) is 6.92 Å². The summed E-state index contributed by atoms with van der Waals surface area (Å²) in [5.41, 5.74) is 4.37. The van der Waals surface area contributed by atoms with E-state index in [-0.39, 0.29) is 5.56 Å². The zero-order chi connectivity index (χ0) is 15.6. The SMILES string of the molecule is CC(OS(=O)(=O)C(F)(F)C(N)=O)C(=O)c1ccccc1. The van der Waals surface area contributed by atoms with Crippen LogP contribution in [-0.4, -0.2) is 31.5 Å². The number of hydrogen-bond donors (Lipinski definition) is 1. The second kappa shape index (κ2) is 5.63. The monoisotopic (exact) mass is 307 g/mol. The van der Waals surface area contributed by atoms with Crippen LogP contribution in [0.15, 0.2) is 30.3 Å². The van der Waals surface area contributed by atoms with Crippen molar-refractivity contribution in [2.75, 3.05) is 0 Å². The summed E-state index contributed by atoms with van der Waals surface area (Å²) in [5, 5.41) is -4.90. The van der Waals surface area contributed by atoms with Crippen LogP contribution in [0.25, 0.3) is 0 Å². The van der Waals surface area contributed by atoms with Crippen molar-refractivity contribution in [1.29, 1.82) is 0 Å². The van der Waals surface area contributed by atoms with E-state index in [9.17, 15) is 26.8 Å². The van der Waals surface area contributed by atoms with Crippen LogP contribution >= 0.6 is 0 Å². The van der Waals surface area contributed by atoms with Crippen molar-refractivity contribution in [1.82, 2.24) is 0 Å². The molecule has 0 radical (unpaired) electrons. The number of rotatable bonds is 6. The zero-order valence-corrected chi connectivity index (χ0v) is 11.1. The first-order chi connectivity index (χ1) is 9.09. The van der Waals surface area contributed by atoms with Gasteiger partial charge in [0.2, 0.25) is 0 Å². The largest absolute Gasteiger partial charge is 0.446 e. The molecule has 1 unspecified atom stereocenters. The van der Waals surface area contributed by atoms with Crippen molar-refractivity contribution < 1.29 is 31.0 Å². The number of alkyl halides is 2. The van der Waals surface area contributed by atoms with E-state index in [0.29, 0.717) is 0 Å². The molecule has 1 aromatic rings. The van der Waals surface area contributed by atoms with Gasteiger partial charge < -0.3 is 5.73 Å². The number of primary amides is 1. The van der Waals surface area contributed by atoms with Crippen molar-refractivity contribution in [3.05, 3.63) is 35.9 Å². The fourth-order valence-corrected chi connectivity index (χ4v) is 2.09. The van der Waals surface area contributed by atoms with Crippen LogP contribution in [0, 0.1) is 0 Å². The summed E-state index contributed by atoms with van der Waals surface area (Å²) in [6.07, 6.45) is -1.72. The number of hydrogen-bond acceptors (Lipinski definition) is 5. The molecule has 0 saturated carbocycles. The summed E-state index contributed by atoms with van der Waals surface area (Å²) >= 11 is 0. The van der Waals surface area contributed by atoms with Crippen molar-refractivity contribution in [2.24, 2.45) is 5.73 Å². The fourth-order valence-electron chi connectivity index (χ4n) is 1.25. The standard InChI is InChI=1S/C11H11F2NO5S/c1-7(9(15)8-5-3-2-4-6-8)19-20(17,18)11(12,13)10(14)16/h2-7H,1H3,(H2,14,16). The number of ketones is 1. The smallest absolute Gasteiger partial charge is 0.363 e. The van der Waals surface area contributed by atoms with Crippen LogP contribution in [0.2, 0.25) is 0 Å². The highest BCUT2D eigenvalue weighted by Gasteiger charge is 2.53. The van der Waals surface area contributed by atoms with E-state index in [1.807, 2.05) is 0 Å². The van der Waals surface area contributed by atoms with Crippen molar-refractivity contribution in [2.45, 2.75) is 18.3 Å². The molecule has 0 aromatic heterocycles. The topological polar surface area (TPSA) is 104 Å². The summed E-state index contributed by atoms with van der Waals surface area (Å²) in [6, 6.07) is 7.35. The molecule has 0 aliphatic heterocycles. The highest BCUT2D eigenvalue weighted by molar-refractivity contribution is 7.88. The van der Waals surface area contributed by atoms with Crippen LogP contribution in [0.3, 0.4) is 0 Å². The second-order valence-corrected chi connectivity index (χ2v) is 5.42. The number of carbonyl (C=O) groups is 2. The number of benzene rings is 1. The van der Waals surface area contributed by atoms with Gasteiger partial charge in [-0.25, -0.2) is 0 Å². The molecule has 0 saturated heterocycles. The number of nitrogens with two attached hydrogens (primary N) is 1. The molecule has 0 fully saturated rings. The Morgan fingerprint density at radius 1 is 1.25 bits per heavy atom. The minimum Gasteiger partial charge on any atom is -0.363 e. The summed E-state index contributed by atoms with van der Waals surface area (Å²) in [4.78, 5) is 22.2. The average molecular weight is 307 g/mol. The van der Waals surface area contributed by atoms with Crippen molar-refractivity contribution in [3.8, 4) is 0 Å². The molecule has 6 nitrogen and oxygen atoms in total. The Kier molecular flexibility index (Phi) is 4.56. The molecule has 110 valence electrons. The van der Waals surface area contributed by atoms with E-state index in [2.05, 4.69) is 9.92 Å². The summed E-state index contributed by atoms with van der Waals surface area (Å²) in [7, 11) is -5.64. The van der Waals surface area contributed by atoms with Crippen LogP contribution in [-0.2, 0) is 19.1 Å². The maximum absolute atomic E-state index is 13.1. The molecule has 0 bridgehead atoms. The number of carbonyl (C=O) groups excluding carboxylic acids is 2. The minimum atomic E-state index is -5.64. The molecule has 1 amide bonds. The lowest BCUT2D eigenvalue weighted by molar-refractivity contribution is -0.132. The molecule has 0 heterocycles. The van der Waals surface area contributed by atoms with E-state index < -0.39 is 33.2 Å². The molecule has 9 heteroatoms. The summed E-state index contributed by atoms with van der Waals surface area (Å²) < 4.78 is 52.6. The van der Waals surface area contributed by atoms with Gasteiger partial charge in [-0.1, -0.05) is 30.3 Å². The predicted molar refractivity (Wildman–Crippen MR) is 64.4 cm³/mol. The van der Waals surface area contributed by atoms with Gasteiger partial charge in [-0.05, 0) is 6.92 Å². The van der Waals surface area contributed by atoms with E-state index in [1.54, 1.807) is 6.07 Å². The third-order valence-corrected chi connectivity index (χ3v) is 3.67. The first-order valence-electron chi connectivity index (χ1n) is 5.29. The van der Waals surface area contributed by atoms with E-state index in [4.69, 9.17) is 0 Å². The Hall–Kier alpha value is -1.87. The van der Waals surface area contributed by atoms with Gasteiger partial charge in [-0.15, -0.1) is 0 Å². The van der Waals surface area contributed by atoms with Gasteiger partial charge in [0.1, 0.15) is 6.10 Å². The summed E-state index contributed by atoms with van der Waals surface area (Å²) in [5.74, 6) is -3.20. The highest BCUT2D eigenvalue weighted by Crippen LogP contribution is 2.24. The lowest BCUT2D eigenvalue weighted by atomic mass is 10.1. The van der Waals surface area contributed by atoms with Gasteiger partial charge >= 0.3 is 21.3 Å². The Bertz CT molecular complexity index is 615. The van der Waals surface area contributed by atoms with Gasteiger partial charge in [0.15, 0.2) is 5.78 Å². The van der Waals surface area contributed by atoms with Crippen LogP contribution in [0.1, 0.15) is 17.3 Å². The van der Waals surface area contributed by atoms with E-state index in [1.165, 1.54) is 24.3 Å². The Labute approximate surface area is 113 Å². The van der Waals surface area contributed by atoms with Crippen molar-refractivity contribution >= 4 is 21.8 Å². The highest BCUT2D eigenvalue weighted by atomic mass is 32.2. The van der Waals surface area contributed by atoms with Gasteiger partial charge in [0.25, 0.3) is 0 Å². The van der Waals surface area contributed by atoms with Crippen LogP contribution in [0.5, 0.6) is 0 Å². The lowest BCUT2D eigenvalue weighted by Gasteiger charge is -2.16. The predicted octanol–water partition coefficient (Wildman–Crippen LogP) is 0.682. The van der Waals surface area contributed by atoms with Gasteiger partial charge in [0.05, 0.1) is 0 Å². The number of halogens is 2. The molecule has 2 N–H and O–H groups in total. The van der Waals surface area contributed by atoms with Gasteiger partial charge in [-0.3, -0.25) is 13.8 Å². The first kappa shape index (κ1) is 16.2. The number of Topliss-reactive ketones (excluding diaryl/α,β-unsaturated/α-hetero) is 1. The maximum atomic E-state index is 13.1. The first-order valence-corrected chi connectivity index (χ1v) is 6.70. The molecule has 0 spiro atoms. The Balaban J connectivity index is 2.94. The molecule has 0 aliphatic carbocycles. The van der Waals surface area contributed by atoms with Crippen molar-refractivity contribution in [3.63, 3.8) is 0 Å². The van der Waals surface area contributed by atoms with Crippen LogP contribution in [0.4, 0.5) is 8.78 Å². The zero-order valence-electron chi connectivity index (χ0n) is 10.2. The molecule has 0 aliphatic rings. The average Bonchev–Trinajstić information content (AvgIpc) is 2.37. The van der Waals surface area contributed by atoms with Gasteiger partial charge in [0, 0.05) is 5.56 Å². The molecular formula is C11H11F2NO5S. The fraction of sp³-hybridized carbons (Fsp3) is 0.273.